The van der Waals surface area contributed by atoms with E-state index in [1.54, 1.807) is 13.1 Å². The molecule has 1 aromatic heterocycles. The third-order valence-corrected chi connectivity index (χ3v) is 4.16. The highest BCUT2D eigenvalue weighted by atomic mass is 19.1. The minimum Gasteiger partial charge on any atom is -0.342 e. The average Bonchev–Trinajstić information content (AvgIpc) is 2.85. The van der Waals surface area contributed by atoms with E-state index in [1.165, 1.54) is 12.1 Å². The summed E-state index contributed by atoms with van der Waals surface area (Å²) in [7, 11) is 3.52. The summed E-state index contributed by atoms with van der Waals surface area (Å²) in [5, 5.41) is 5.51. The van der Waals surface area contributed by atoms with Crippen molar-refractivity contribution in [2.75, 3.05) is 25.0 Å². The Labute approximate surface area is 128 Å². The fraction of sp³-hybridized carbons (Fsp3) is 0.467. The molecule has 2 amide bonds. The van der Waals surface area contributed by atoms with Gasteiger partial charge in [-0.3, -0.25) is 0 Å². The highest BCUT2D eigenvalue weighted by Gasteiger charge is 2.23. The number of hydrogen-bond acceptors (Lipinski definition) is 3. The zero-order valence-electron chi connectivity index (χ0n) is 12.8. The molecule has 22 heavy (non-hydrogen) atoms. The highest BCUT2D eigenvalue weighted by molar-refractivity contribution is 5.79. The second-order valence-electron chi connectivity index (χ2n) is 5.59. The molecule has 1 aliphatic heterocycles. The van der Waals surface area contributed by atoms with Crippen molar-refractivity contribution in [3.8, 4) is 0 Å². The molecule has 2 aromatic rings. The number of carbonyl (C=O) groups is 1. The second-order valence-corrected chi connectivity index (χ2v) is 5.59. The summed E-state index contributed by atoms with van der Waals surface area (Å²) in [6.45, 7) is 1.63. The van der Waals surface area contributed by atoms with Crippen molar-refractivity contribution in [3.63, 3.8) is 0 Å². The van der Waals surface area contributed by atoms with Crippen LogP contribution in [0.5, 0.6) is 0 Å². The van der Waals surface area contributed by atoms with E-state index in [4.69, 9.17) is 0 Å². The van der Waals surface area contributed by atoms with Crippen molar-refractivity contribution in [2.45, 2.75) is 18.9 Å². The van der Waals surface area contributed by atoms with Crippen LogP contribution in [0.1, 0.15) is 12.8 Å². The van der Waals surface area contributed by atoms with E-state index in [-0.39, 0.29) is 17.9 Å². The average molecular weight is 305 g/mol. The lowest BCUT2D eigenvalue weighted by atomic mass is 10.1. The van der Waals surface area contributed by atoms with E-state index in [9.17, 15) is 9.18 Å². The molecule has 0 unspecified atom stereocenters. The molecule has 0 bridgehead atoms. The molecule has 7 heteroatoms. The number of nitrogens with one attached hydrogen (secondary N) is 2. The Kier molecular flexibility index (Phi) is 3.87. The maximum atomic E-state index is 13.4. The van der Waals surface area contributed by atoms with Crippen LogP contribution in [0.4, 0.5) is 15.1 Å². The van der Waals surface area contributed by atoms with Crippen LogP contribution in [-0.2, 0) is 7.05 Å². The van der Waals surface area contributed by atoms with Crippen LogP contribution in [0, 0.1) is 5.82 Å². The van der Waals surface area contributed by atoms with E-state index >= 15 is 0 Å². The van der Waals surface area contributed by atoms with Crippen LogP contribution in [-0.4, -0.2) is 41.8 Å². The van der Waals surface area contributed by atoms with Crippen LogP contribution >= 0.6 is 0 Å². The second kappa shape index (κ2) is 5.82. The Bertz CT molecular complexity index is 691. The van der Waals surface area contributed by atoms with E-state index in [1.807, 2.05) is 11.6 Å². The SMILES string of the molecule is CNC(=O)NC1CCN(c2nc3ccc(F)cc3n2C)CC1. The van der Waals surface area contributed by atoms with Gasteiger partial charge in [0.25, 0.3) is 0 Å². The molecule has 1 saturated heterocycles. The predicted octanol–water partition coefficient (Wildman–Crippen LogP) is 1.61. The smallest absolute Gasteiger partial charge is 0.314 e. The maximum Gasteiger partial charge on any atom is 0.314 e. The van der Waals surface area contributed by atoms with E-state index < -0.39 is 0 Å². The molecule has 2 heterocycles. The first-order valence-electron chi connectivity index (χ1n) is 7.43. The normalized spacial score (nSPS) is 16.0. The standard InChI is InChI=1S/C15H20FN5O/c1-17-14(22)18-11-5-7-21(8-6-11)15-19-12-4-3-10(16)9-13(12)20(15)2/h3-4,9,11H,5-8H2,1-2H3,(H2,17,18,22). The summed E-state index contributed by atoms with van der Waals surface area (Å²) < 4.78 is 15.3. The molecule has 1 fully saturated rings. The number of hydrogen-bond donors (Lipinski definition) is 2. The number of benzene rings is 1. The molecule has 0 saturated carbocycles. The minimum absolute atomic E-state index is 0.142. The topological polar surface area (TPSA) is 62.2 Å². The van der Waals surface area contributed by atoms with Crippen molar-refractivity contribution < 1.29 is 9.18 Å². The van der Waals surface area contributed by atoms with Crippen LogP contribution in [0.15, 0.2) is 18.2 Å². The van der Waals surface area contributed by atoms with Gasteiger partial charge in [0.1, 0.15) is 5.82 Å². The number of imidazole rings is 1. The van der Waals surface area contributed by atoms with Gasteiger partial charge in [-0.2, -0.15) is 0 Å². The molecule has 0 atom stereocenters. The van der Waals surface area contributed by atoms with E-state index in [2.05, 4.69) is 20.5 Å². The number of aromatic nitrogens is 2. The Morgan fingerprint density at radius 3 is 2.77 bits per heavy atom. The van der Waals surface area contributed by atoms with Gasteiger partial charge >= 0.3 is 6.03 Å². The predicted molar refractivity (Wildman–Crippen MR) is 83.5 cm³/mol. The molecule has 0 radical (unpaired) electrons. The summed E-state index contributed by atoms with van der Waals surface area (Å²) in [6, 6.07) is 4.68. The number of urea groups is 1. The maximum absolute atomic E-state index is 13.4. The summed E-state index contributed by atoms with van der Waals surface area (Å²) in [5.74, 6) is 0.592. The van der Waals surface area contributed by atoms with Gasteiger partial charge in [0.15, 0.2) is 0 Å². The van der Waals surface area contributed by atoms with Crippen molar-refractivity contribution >= 4 is 23.0 Å². The lowest BCUT2D eigenvalue weighted by Crippen LogP contribution is -2.47. The number of halogens is 1. The van der Waals surface area contributed by atoms with Gasteiger partial charge in [-0.15, -0.1) is 0 Å². The Balaban J connectivity index is 1.74. The van der Waals surface area contributed by atoms with E-state index in [0.29, 0.717) is 0 Å². The zero-order valence-corrected chi connectivity index (χ0v) is 12.8. The number of amides is 2. The first kappa shape index (κ1) is 14.6. The molecular formula is C15H20FN5O. The van der Waals surface area contributed by atoms with Crippen molar-refractivity contribution in [2.24, 2.45) is 7.05 Å². The van der Waals surface area contributed by atoms with Gasteiger partial charge in [-0.05, 0) is 31.0 Å². The van der Waals surface area contributed by atoms with Crippen molar-refractivity contribution in [1.82, 2.24) is 20.2 Å². The van der Waals surface area contributed by atoms with Gasteiger partial charge < -0.3 is 20.1 Å². The number of rotatable bonds is 2. The molecule has 118 valence electrons. The summed E-state index contributed by atoms with van der Waals surface area (Å²) in [5.41, 5.74) is 1.59. The third-order valence-electron chi connectivity index (χ3n) is 4.16. The molecule has 6 nitrogen and oxygen atoms in total. The number of nitrogens with zero attached hydrogens (tertiary/aromatic N) is 3. The summed E-state index contributed by atoms with van der Waals surface area (Å²) in [4.78, 5) is 18.1. The van der Waals surface area contributed by atoms with Crippen LogP contribution in [0.3, 0.4) is 0 Å². The number of aryl methyl sites for hydroxylation is 1. The molecule has 1 aromatic carbocycles. The molecule has 1 aliphatic rings. The largest absolute Gasteiger partial charge is 0.342 e. The van der Waals surface area contributed by atoms with Gasteiger partial charge in [0, 0.05) is 33.2 Å². The van der Waals surface area contributed by atoms with Crippen molar-refractivity contribution in [3.05, 3.63) is 24.0 Å². The first-order valence-corrected chi connectivity index (χ1v) is 7.43. The fourth-order valence-electron chi connectivity index (χ4n) is 2.91. The quantitative estimate of drug-likeness (QED) is 0.886. The monoisotopic (exact) mass is 305 g/mol. The van der Waals surface area contributed by atoms with Crippen LogP contribution in [0.2, 0.25) is 0 Å². The Hall–Kier alpha value is -2.31. The highest BCUT2D eigenvalue weighted by Crippen LogP contribution is 2.24. The minimum atomic E-state index is -0.254. The van der Waals surface area contributed by atoms with Crippen molar-refractivity contribution in [1.29, 1.82) is 0 Å². The van der Waals surface area contributed by atoms with Gasteiger partial charge in [-0.25, -0.2) is 14.2 Å². The van der Waals surface area contributed by atoms with Crippen LogP contribution < -0.4 is 15.5 Å². The molecule has 0 aliphatic carbocycles. The summed E-state index contributed by atoms with van der Waals surface area (Å²) >= 11 is 0. The molecule has 2 N–H and O–H groups in total. The summed E-state index contributed by atoms with van der Waals surface area (Å²) in [6.07, 6.45) is 1.73. The van der Waals surface area contributed by atoms with E-state index in [0.717, 1.165) is 42.9 Å². The fourth-order valence-corrected chi connectivity index (χ4v) is 2.91. The number of piperidine rings is 1. The number of carbonyl (C=O) groups excluding carboxylic acids is 1. The molecular weight excluding hydrogens is 285 g/mol. The van der Waals surface area contributed by atoms with Gasteiger partial charge in [-0.1, -0.05) is 0 Å². The first-order chi connectivity index (χ1) is 10.6. The lowest BCUT2D eigenvalue weighted by molar-refractivity contribution is 0.236. The molecule has 3 rings (SSSR count). The Morgan fingerprint density at radius 2 is 2.09 bits per heavy atom. The molecule has 0 spiro atoms. The lowest BCUT2D eigenvalue weighted by Gasteiger charge is -2.32. The van der Waals surface area contributed by atoms with Gasteiger partial charge in [0.2, 0.25) is 5.95 Å². The number of fused-ring (bicyclic) bond motifs is 1. The number of anilines is 1. The van der Waals surface area contributed by atoms with Gasteiger partial charge in [0.05, 0.1) is 11.0 Å². The van der Waals surface area contributed by atoms with Crippen LogP contribution in [0.25, 0.3) is 11.0 Å². The third kappa shape index (κ3) is 2.70. The zero-order chi connectivity index (χ0) is 15.7. The Morgan fingerprint density at radius 1 is 1.36 bits per heavy atom.